The van der Waals surface area contributed by atoms with Crippen LogP contribution >= 0.6 is 11.6 Å². The zero-order valence-corrected chi connectivity index (χ0v) is 13.0. The van der Waals surface area contributed by atoms with Crippen molar-refractivity contribution in [2.75, 3.05) is 13.1 Å². The van der Waals surface area contributed by atoms with Gasteiger partial charge in [-0.25, -0.2) is 0 Å². The van der Waals surface area contributed by atoms with Crippen molar-refractivity contribution in [3.8, 4) is 0 Å². The average Bonchev–Trinajstić information content (AvgIpc) is 2.47. The molecule has 114 valence electrons. The minimum absolute atomic E-state index is 0.0520. The first kappa shape index (κ1) is 15.8. The zero-order chi connectivity index (χ0) is 15.2. The van der Waals surface area contributed by atoms with Crippen LogP contribution in [0.3, 0.4) is 0 Å². The molecule has 2 rings (SSSR count). The molecule has 1 aromatic carbocycles. The standard InChI is InChI=1S/C16H21ClN2O2/c1-12(20)19-10-8-14(9-11-19)18-16(21)7-6-13-4-2-3-5-15(13)17/h2-5,14H,6-11H2,1H3,(H,18,21). The van der Waals surface area contributed by atoms with Crippen LogP contribution in [0, 0.1) is 0 Å². The molecule has 1 fully saturated rings. The van der Waals surface area contributed by atoms with Crippen molar-refractivity contribution in [3.05, 3.63) is 34.9 Å². The number of hydrogen-bond acceptors (Lipinski definition) is 2. The van der Waals surface area contributed by atoms with Crippen LogP contribution in [0.2, 0.25) is 5.02 Å². The summed E-state index contributed by atoms with van der Waals surface area (Å²) in [6.07, 6.45) is 2.75. The molecule has 0 radical (unpaired) electrons. The number of piperidine rings is 1. The number of likely N-dealkylation sites (tertiary alicyclic amines) is 1. The van der Waals surface area contributed by atoms with Crippen molar-refractivity contribution in [1.82, 2.24) is 10.2 Å². The van der Waals surface area contributed by atoms with Gasteiger partial charge >= 0.3 is 0 Å². The van der Waals surface area contributed by atoms with Gasteiger partial charge in [-0.05, 0) is 30.9 Å². The number of benzene rings is 1. The number of carbonyl (C=O) groups is 2. The van der Waals surface area contributed by atoms with Gasteiger partial charge in [-0.1, -0.05) is 29.8 Å². The lowest BCUT2D eigenvalue weighted by Gasteiger charge is -2.31. The largest absolute Gasteiger partial charge is 0.353 e. The number of nitrogens with one attached hydrogen (secondary N) is 1. The lowest BCUT2D eigenvalue weighted by atomic mass is 10.0. The summed E-state index contributed by atoms with van der Waals surface area (Å²) in [6.45, 7) is 3.04. The van der Waals surface area contributed by atoms with E-state index < -0.39 is 0 Å². The molecule has 2 amide bonds. The van der Waals surface area contributed by atoms with E-state index >= 15 is 0 Å². The Morgan fingerprint density at radius 1 is 1.29 bits per heavy atom. The van der Waals surface area contributed by atoms with Gasteiger partial charge in [-0.2, -0.15) is 0 Å². The summed E-state index contributed by atoms with van der Waals surface area (Å²) in [5.41, 5.74) is 1.00. The van der Waals surface area contributed by atoms with Gasteiger partial charge in [-0.15, -0.1) is 0 Å². The molecule has 1 aliphatic heterocycles. The molecule has 0 aromatic heterocycles. The first-order valence-corrected chi connectivity index (χ1v) is 7.72. The summed E-state index contributed by atoms with van der Waals surface area (Å²) in [5, 5.41) is 3.76. The molecule has 1 aromatic rings. The Morgan fingerprint density at radius 2 is 1.95 bits per heavy atom. The van der Waals surface area contributed by atoms with E-state index in [0.717, 1.165) is 31.5 Å². The number of amides is 2. The Balaban J connectivity index is 1.73. The van der Waals surface area contributed by atoms with E-state index in [2.05, 4.69) is 5.32 Å². The third-order valence-electron chi connectivity index (χ3n) is 3.88. The van der Waals surface area contributed by atoms with Crippen molar-refractivity contribution < 1.29 is 9.59 Å². The number of rotatable bonds is 4. The molecular formula is C16H21ClN2O2. The Hall–Kier alpha value is -1.55. The lowest BCUT2D eigenvalue weighted by molar-refractivity contribution is -0.130. The number of hydrogen-bond donors (Lipinski definition) is 1. The van der Waals surface area contributed by atoms with Gasteiger partial charge in [0.1, 0.15) is 0 Å². The second-order valence-corrected chi connectivity index (χ2v) is 5.85. The quantitative estimate of drug-likeness (QED) is 0.928. The predicted molar refractivity (Wildman–Crippen MR) is 83.2 cm³/mol. The second kappa shape index (κ2) is 7.46. The average molecular weight is 309 g/mol. The predicted octanol–water partition coefficient (Wildman–Crippen LogP) is 2.40. The van der Waals surface area contributed by atoms with Crippen LogP contribution < -0.4 is 5.32 Å². The van der Waals surface area contributed by atoms with E-state index in [9.17, 15) is 9.59 Å². The van der Waals surface area contributed by atoms with E-state index in [-0.39, 0.29) is 17.9 Å². The fraction of sp³-hybridized carbons (Fsp3) is 0.500. The summed E-state index contributed by atoms with van der Waals surface area (Å²) >= 11 is 6.08. The molecule has 5 heteroatoms. The third kappa shape index (κ3) is 4.74. The number of halogens is 1. The lowest BCUT2D eigenvalue weighted by Crippen LogP contribution is -2.46. The van der Waals surface area contributed by atoms with Crippen LogP contribution in [-0.2, 0) is 16.0 Å². The van der Waals surface area contributed by atoms with Gasteiger partial charge in [0.05, 0.1) is 0 Å². The highest BCUT2D eigenvalue weighted by Crippen LogP contribution is 2.17. The minimum Gasteiger partial charge on any atom is -0.353 e. The van der Waals surface area contributed by atoms with E-state index in [4.69, 9.17) is 11.6 Å². The first-order valence-electron chi connectivity index (χ1n) is 7.34. The Morgan fingerprint density at radius 3 is 2.57 bits per heavy atom. The molecule has 1 aliphatic rings. The van der Waals surface area contributed by atoms with E-state index in [0.29, 0.717) is 17.9 Å². The highest BCUT2D eigenvalue weighted by atomic mass is 35.5. The molecule has 4 nitrogen and oxygen atoms in total. The Bertz CT molecular complexity index is 511. The van der Waals surface area contributed by atoms with E-state index in [1.54, 1.807) is 6.92 Å². The number of aryl methyl sites for hydroxylation is 1. The molecule has 0 aliphatic carbocycles. The van der Waals surface area contributed by atoms with E-state index in [1.165, 1.54) is 0 Å². The van der Waals surface area contributed by atoms with Crippen molar-refractivity contribution in [3.63, 3.8) is 0 Å². The normalized spacial score (nSPS) is 15.8. The van der Waals surface area contributed by atoms with Gasteiger partial charge < -0.3 is 10.2 Å². The van der Waals surface area contributed by atoms with Crippen LogP contribution in [0.4, 0.5) is 0 Å². The molecule has 1 saturated heterocycles. The van der Waals surface area contributed by atoms with Gasteiger partial charge in [0.2, 0.25) is 11.8 Å². The Kier molecular flexibility index (Phi) is 5.62. The topological polar surface area (TPSA) is 49.4 Å². The number of nitrogens with zero attached hydrogens (tertiary/aromatic N) is 1. The maximum Gasteiger partial charge on any atom is 0.220 e. The summed E-state index contributed by atoms with van der Waals surface area (Å²) in [6, 6.07) is 7.78. The Labute approximate surface area is 130 Å². The van der Waals surface area contributed by atoms with Crippen molar-refractivity contribution in [2.45, 2.75) is 38.6 Å². The monoisotopic (exact) mass is 308 g/mol. The molecule has 1 N–H and O–H groups in total. The molecule has 0 atom stereocenters. The smallest absolute Gasteiger partial charge is 0.220 e. The fourth-order valence-corrected chi connectivity index (χ4v) is 2.82. The summed E-state index contributed by atoms with van der Waals surface area (Å²) in [5.74, 6) is 0.162. The van der Waals surface area contributed by atoms with Crippen LogP contribution in [0.25, 0.3) is 0 Å². The SMILES string of the molecule is CC(=O)N1CCC(NC(=O)CCc2ccccc2Cl)CC1. The van der Waals surface area contributed by atoms with Gasteiger partial charge in [0.15, 0.2) is 0 Å². The van der Waals surface area contributed by atoms with Crippen molar-refractivity contribution in [2.24, 2.45) is 0 Å². The molecule has 1 heterocycles. The summed E-state index contributed by atoms with van der Waals surface area (Å²) < 4.78 is 0. The van der Waals surface area contributed by atoms with Crippen LogP contribution in [0.1, 0.15) is 31.7 Å². The summed E-state index contributed by atoms with van der Waals surface area (Å²) in [4.78, 5) is 25.0. The zero-order valence-electron chi connectivity index (χ0n) is 12.3. The van der Waals surface area contributed by atoms with E-state index in [1.807, 2.05) is 29.2 Å². The fourth-order valence-electron chi connectivity index (χ4n) is 2.59. The molecule has 0 saturated carbocycles. The molecule has 0 unspecified atom stereocenters. The van der Waals surface area contributed by atoms with Crippen molar-refractivity contribution >= 4 is 23.4 Å². The van der Waals surface area contributed by atoms with Crippen LogP contribution in [0.15, 0.2) is 24.3 Å². The molecule has 0 bridgehead atoms. The van der Waals surface area contributed by atoms with Crippen LogP contribution in [-0.4, -0.2) is 35.8 Å². The van der Waals surface area contributed by atoms with Gasteiger partial charge in [-0.3, -0.25) is 9.59 Å². The first-order chi connectivity index (χ1) is 10.1. The summed E-state index contributed by atoms with van der Waals surface area (Å²) in [7, 11) is 0. The molecular weight excluding hydrogens is 288 g/mol. The van der Waals surface area contributed by atoms with Gasteiger partial charge in [0.25, 0.3) is 0 Å². The number of carbonyl (C=O) groups excluding carboxylic acids is 2. The highest BCUT2D eigenvalue weighted by molar-refractivity contribution is 6.31. The minimum atomic E-state index is 0.0520. The van der Waals surface area contributed by atoms with Crippen molar-refractivity contribution in [1.29, 1.82) is 0 Å². The maximum atomic E-state index is 12.0. The second-order valence-electron chi connectivity index (χ2n) is 5.44. The van der Waals surface area contributed by atoms with Gasteiger partial charge in [0, 0.05) is 37.5 Å². The maximum absolute atomic E-state index is 12.0. The molecule has 0 spiro atoms. The third-order valence-corrected chi connectivity index (χ3v) is 4.25. The van der Waals surface area contributed by atoms with Crippen LogP contribution in [0.5, 0.6) is 0 Å². The highest BCUT2D eigenvalue weighted by Gasteiger charge is 2.21. The molecule has 21 heavy (non-hydrogen) atoms.